The number of sulfone groups is 1. The molecule has 0 rings (SSSR count). The normalized spacial score (nSPS) is 11.5. The van der Waals surface area contributed by atoms with Gasteiger partial charge in [0.2, 0.25) is 0 Å². The maximum absolute atomic E-state index is 11.4. The SMILES string of the molecule is CCOC(=O)CC(=O)CS(=O)(=O)CC(C)C. The lowest BCUT2D eigenvalue weighted by molar-refractivity contribution is -0.145. The fraction of sp³-hybridized carbons (Fsp3) is 0.800. The highest BCUT2D eigenvalue weighted by atomic mass is 32.2. The minimum Gasteiger partial charge on any atom is -0.466 e. The van der Waals surface area contributed by atoms with Gasteiger partial charge in [0.15, 0.2) is 15.6 Å². The molecule has 0 atom stereocenters. The van der Waals surface area contributed by atoms with E-state index in [1.165, 1.54) is 0 Å². The lowest BCUT2D eigenvalue weighted by Gasteiger charge is -2.06. The maximum Gasteiger partial charge on any atom is 0.313 e. The fourth-order valence-corrected chi connectivity index (χ4v) is 2.96. The molecule has 0 aromatic rings. The average molecular weight is 250 g/mol. The molecule has 0 aliphatic carbocycles. The van der Waals surface area contributed by atoms with Gasteiger partial charge in [-0.3, -0.25) is 9.59 Å². The molecular formula is C10H18O5S. The molecular weight excluding hydrogens is 232 g/mol. The molecule has 94 valence electrons. The fourth-order valence-electron chi connectivity index (χ4n) is 1.24. The number of esters is 1. The minimum atomic E-state index is -3.40. The Labute approximate surface area is 96.1 Å². The molecule has 0 aliphatic heterocycles. The van der Waals surface area contributed by atoms with Gasteiger partial charge in [0.25, 0.3) is 0 Å². The highest BCUT2D eigenvalue weighted by Crippen LogP contribution is 2.02. The van der Waals surface area contributed by atoms with Gasteiger partial charge in [-0.2, -0.15) is 0 Å². The molecule has 0 N–H and O–H groups in total. The van der Waals surface area contributed by atoms with Crippen molar-refractivity contribution in [2.24, 2.45) is 5.92 Å². The van der Waals surface area contributed by atoms with Crippen molar-refractivity contribution in [1.82, 2.24) is 0 Å². The summed E-state index contributed by atoms with van der Waals surface area (Å²) in [6.45, 7) is 5.32. The van der Waals surface area contributed by atoms with Crippen molar-refractivity contribution in [3.63, 3.8) is 0 Å². The van der Waals surface area contributed by atoms with Gasteiger partial charge in [-0.25, -0.2) is 8.42 Å². The molecule has 0 aromatic heterocycles. The Kier molecular flexibility index (Phi) is 6.25. The van der Waals surface area contributed by atoms with Gasteiger partial charge in [-0.1, -0.05) is 13.8 Å². The van der Waals surface area contributed by atoms with E-state index in [0.717, 1.165) is 0 Å². The summed E-state index contributed by atoms with van der Waals surface area (Å²) in [5.41, 5.74) is 0. The Balaban J connectivity index is 4.19. The Bertz CT molecular complexity index is 342. The van der Waals surface area contributed by atoms with Crippen LogP contribution in [0.2, 0.25) is 0 Å². The van der Waals surface area contributed by atoms with Crippen LogP contribution in [0, 0.1) is 5.92 Å². The summed E-state index contributed by atoms with van der Waals surface area (Å²) in [5.74, 6) is -1.93. The van der Waals surface area contributed by atoms with Crippen molar-refractivity contribution in [3.05, 3.63) is 0 Å². The molecule has 5 nitrogen and oxygen atoms in total. The van der Waals surface area contributed by atoms with E-state index in [4.69, 9.17) is 0 Å². The Morgan fingerprint density at radius 2 is 1.81 bits per heavy atom. The van der Waals surface area contributed by atoms with E-state index in [0.29, 0.717) is 0 Å². The summed E-state index contributed by atoms with van der Waals surface area (Å²) in [5, 5.41) is 0. The molecule has 16 heavy (non-hydrogen) atoms. The molecule has 0 saturated carbocycles. The lowest BCUT2D eigenvalue weighted by Crippen LogP contribution is -2.23. The standard InChI is InChI=1S/C10H18O5S/c1-4-15-10(12)5-9(11)7-16(13,14)6-8(2)3/h8H,4-7H2,1-3H3. The summed E-state index contributed by atoms with van der Waals surface area (Å²) < 4.78 is 27.4. The van der Waals surface area contributed by atoms with Crippen molar-refractivity contribution in [3.8, 4) is 0 Å². The predicted octanol–water partition coefficient (Wildman–Crippen LogP) is 0.579. The third-order valence-electron chi connectivity index (χ3n) is 1.61. The van der Waals surface area contributed by atoms with E-state index in [-0.39, 0.29) is 18.3 Å². The van der Waals surface area contributed by atoms with Crippen LogP contribution in [-0.4, -0.2) is 38.3 Å². The summed E-state index contributed by atoms with van der Waals surface area (Å²) in [6, 6.07) is 0. The molecule has 0 radical (unpaired) electrons. The van der Waals surface area contributed by atoms with Crippen molar-refractivity contribution in [1.29, 1.82) is 0 Å². The summed E-state index contributed by atoms with van der Waals surface area (Å²) in [4.78, 5) is 22.2. The van der Waals surface area contributed by atoms with Crippen molar-refractivity contribution in [2.45, 2.75) is 27.2 Å². The van der Waals surface area contributed by atoms with Gasteiger partial charge in [0, 0.05) is 0 Å². The van der Waals surface area contributed by atoms with E-state index in [9.17, 15) is 18.0 Å². The van der Waals surface area contributed by atoms with Crippen molar-refractivity contribution >= 4 is 21.6 Å². The van der Waals surface area contributed by atoms with Crippen LogP contribution in [0.3, 0.4) is 0 Å². The third kappa shape index (κ3) is 7.39. The number of carbonyl (C=O) groups is 2. The average Bonchev–Trinajstić information content (AvgIpc) is 1.98. The van der Waals surface area contributed by atoms with E-state index in [2.05, 4.69) is 4.74 Å². The Morgan fingerprint density at radius 1 is 1.25 bits per heavy atom. The van der Waals surface area contributed by atoms with E-state index in [1.807, 2.05) is 0 Å². The van der Waals surface area contributed by atoms with Gasteiger partial charge < -0.3 is 4.74 Å². The van der Waals surface area contributed by atoms with E-state index < -0.39 is 33.8 Å². The van der Waals surface area contributed by atoms with Crippen LogP contribution in [0.4, 0.5) is 0 Å². The van der Waals surface area contributed by atoms with Gasteiger partial charge >= 0.3 is 5.97 Å². The van der Waals surface area contributed by atoms with Crippen molar-refractivity contribution < 1.29 is 22.7 Å². The molecule has 0 fully saturated rings. The molecule has 0 saturated heterocycles. The third-order valence-corrected chi connectivity index (χ3v) is 3.55. The van der Waals surface area contributed by atoms with Crippen LogP contribution < -0.4 is 0 Å². The zero-order chi connectivity index (χ0) is 12.8. The Hall–Kier alpha value is -0.910. The number of rotatable bonds is 7. The van der Waals surface area contributed by atoms with Crippen LogP contribution in [0.5, 0.6) is 0 Å². The smallest absolute Gasteiger partial charge is 0.313 e. The number of Topliss-reactive ketones (excluding diaryl/α,β-unsaturated/α-hetero) is 1. The van der Waals surface area contributed by atoms with Crippen LogP contribution in [0.15, 0.2) is 0 Å². The summed E-state index contributed by atoms with van der Waals surface area (Å²) in [7, 11) is -3.40. The number of hydrogen-bond donors (Lipinski definition) is 0. The highest BCUT2D eigenvalue weighted by molar-refractivity contribution is 7.92. The lowest BCUT2D eigenvalue weighted by atomic mass is 10.3. The first-order valence-electron chi connectivity index (χ1n) is 5.14. The molecule has 0 aliphatic rings. The van der Waals surface area contributed by atoms with Crippen LogP contribution >= 0.6 is 0 Å². The van der Waals surface area contributed by atoms with Gasteiger partial charge in [0.1, 0.15) is 12.2 Å². The number of ketones is 1. The second kappa shape index (κ2) is 6.62. The summed E-state index contributed by atoms with van der Waals surface area (Å²) in [6.07, 6.45) is -0.467. The van der Waals surface area contributed by atoms with Gasteiger partial charge in [-0.15, -0.1) is 0 Å². The van der Waals surface area contributed by atoms with Gasteiger partial charge in [-0.05, 0) is 12.8 Å². The molecule has 0 heterocycles. The molecule has 0 amide bonds. The first-order chi connectivity index (χ1) is 7.26. The zero-order valence-electron chi connectivity index (χ0n) is 9.86. The van der Waals surface area contributed by atoms with Crippen LogP contribution in [-0.2, 0) is 24.2 Å². The van der Waals surface area contributed by atoms with Crippen LogP contribution in [0.1, 0.15) is 27.2 Å². The topological polar surface area (TPSA) is 77.5 Å². The molecule has 6 heteroatoms. The van der Waals surface area contributed by atoms with Crippen LogP contribution in [0.25, 0.3) is 0 Å². The predicted molar refractivity (Wildman–Crippen MR) is 59.7 cm³/mol. The molecule has 0 unspecified atom stereocenters. The summed E-state index contributed by atoms with van der Waals surface area (Å²) >= 11 is 0. The molecule has 0 aromatic carbocycles. The first-order valence-corrected chi connectivity index (χ1v) is 6.96. The molecule has 0 spiro atoms. The zero-order valence-corrected chi connectivity index (χ0v) is 10.7. The van der Waals surface area contributed by atoms with E-state index >= 15 is 0 Å². The Morgan fingerprint density at radius 3 is 2.25 bits per heavy atom. The molecule has 0 bridgehead atoms. The van der Waals surface area contributed by atoms with E-state index in [1.54, 1.807) is 20.8 Å². The largest absolute Gasteiger partial charge is 0.466 e. The number of ether oxygens (including phenoxy) is 1. The van der Waals surface area contributed by atoms with Crippen molar-refractivity contribution in [2.75, 3.05) is 18.1 Å². The minimum absolute atomic E-state index is 0.0274. The highest BCUT2D eigenvalue weighted by Gasteiger charge is 2.20. The maximum atomic E-state index is 11.4. The second-order valence-corrected chi connectivity index (χ2v) is 6.08. The number of carbonyl (C=O) groups excluding carboxylic acids is 2. The first kappa shape index (κ1) is 15.1. The monoisotopic (exact) mass is 250 g/mol. The van der Waals surface area contributed by atoms with Gasteiger partial charge in [0.05, 0.1) is 12.4 Å². The quantitative estimate of drug-likeness (QED) is 0.488. The second-order valence-electron chi connectivity index (χ2n) is 3.97. The number of hydrogen-bond acceptors (Lipinski definition) is 5.